The SMILES string of the molecule is Cc1cc(Nc2nccc(C(F)(F)F)n2)cc(-c2ccc(N[C@@H](CCO)C(=O)O)nc2)c1. The van der Waals surface area contributed by atoms with Crippen LogP contribution in [-0.4, -0.2) is 43.8 Å². The molecule has 11 heteroatoms. The Labute approximate surface area is 181 Å². The quantitative estimate of drug-likeness (QED) is 0.411. The van der Waals surface area contributed by atoms with Crippen molar-refractivity contribution in [3.05, 3.63) is 60.0 Å². The maximum absolute atomic E-state index is 12.9. The van der Waals surface area contributed by atoms with Crippen molar-refractivity contribution in [2.75, 3.05) is 17.2 Å². The molecule has 2 heterocycles. The number of rotatable bonds is 8. The van der Waals surface area contributed by atoms with Crippen molar-refractivity contribution in [1.29, 1.82) is 0 Å². The monoisotopic (exact) mass is 447 g/mol. The summed E-state index contributed by atoms with van der Waals surface area (Å²) < 4.78 is 38.6. The van der Waals surface area contributed by atoms with Crippen LogP contribution in [0, 0.1) is 6.92 Å². The van der Waals surface area contributed by atoms with Crippen molar-refractivity contribution >= 4 is 23.4 Å². The number of aliphatic hydroxyl groups is 1. The van der Waals surface area contributed by atoms with Crippen LogP contribution < -0.4 is 10.6 Å². The smallest absolute Gasteiger partial charge is 0.433 e. The minimum absolute atomic E-state index is 0.0310. The lowest BCUT2D eigenvalue weighted by molar-refractivity contribution is -0.141. The van der Waals surface area contributed by atoms with E-state index in [9.17, 15) is 18.0 Å². The fraction of sp³-hybridized carbons (Fsp3) is 0.238. The van der Waals surface area contributed by atoms with Crippen LogP contribution in [0.4, 0.5) is 30.6 Å². The molecule has 0 spiro atoms. The molecule has 4 N–H and O–H groups in total. The Bertz CT molecular complexity index is 1090. The second-order valence-electron chi connectivity index (χ2n) is 6.96. The lowest BCUT2D eigenvalue weighted by atomic mass is 10.0. The van der Waals surface area contributed by atoms with Gasteiger partial charge in [0.1, 0.15) is 17.6 Å². The van der Waals surface area contributed by atoms with E-state index in [4.69, 9.17) is 10.2 Å². The Balaban J connectivity index is 1.81. The zero-order valence-corrected chi connectivity index (χ0v) is 16.9. The molecule has 3 rings (SSSR count). The van der Waals surface area contributed by atoms with E-state index >= 15 is 0 Å². The summed E-state index contributed by atoms with van der Waals surface area (Å²) in [6, 6.07) is 8.48. The van der Waals surface area contributed by atoms with Gasteiger partial charge in [-0.2, -0.15) is 13.2 Å². The summed E-state index contributed by atoms with van der Waals surface area (Å²) in [6.45, 7) is 1.55. The molecular formula is C21H20F3N5O3. The van der Waals surface area contributed by atoms with E-state index in [1.807, 2.05) is 13.0 Å². The number of aromatic nitrogens is 3. The number of aliphatic hydroxyl groups excluding tert-OH is 1. The van der Waals surface area contributed by atoms with E-state index in [-0.39, 0.29) is 19.0 Å². The Kier molecular flexibility index (Phi) is 6.89. The van der Waals surface area contributed by atoms with Crippen LogP contribution in [0.1, 0.15) is 17.7 Å². The van der Waals surface area contributed by atoms with Crippen molar-refractivity contribution in [2.24, 2.45) is 0 Å². The van der Waals surface area contributed by atoms with Crippen LogP contribution in [0.5, 0.6) is 0 Å². The van der Waals surface area contributed by atoms with E-state index in [1.54, 1.807) is 30.5 Å². The Hall–Kier alpha value is -3.73. The summed E-state index contributed by atoms with van der Waals surface area (Å²) >= 11 is 0. The van der Waals surface area contributed by atoms with Gasteiger partial charge in [-0.15, -0.1) is 0 Å². The van der Waals surface area contributed by atoms with Crippen LogP contribution in [0.3, 0.4) is 0 Å². The Morgan fingerprint density at radius 1 is 1.12 bits per heavy atom. The number of halogens is 3. The molecule has 0 amide bonds. The third-order valence-corrected chi connectivity index (χ3v) is 4.41. The molecule has 32 heavy (non-hydrogen) atoms. The number of carboxylic acids is 1. The highest BCUT2D eigenvalue weighted by atomic mass is 19.4. The van der Waals surface area contributed by atoms with Gasteiger partial charge in [-0.05, 0) is 48.4 Å². The number of aryl methyl sites for hydroxylation is 1. The molecule has 168 valence electrons. The zero-order chi connectivity index (χ0) is 23.3. The molecule has 0 radical (unpaired) electrons. The number of anilines is 3. The standard InChI is InChI=1S/C21H20F3N5O3/c1-12-8-14(13-2-3-18(26-11-13)28-16(5-7-30)19(31)32)10-15(9-12)27-20-25-6-4-17(29-20)21(22,23)24/h2-4,6,8-11,16,30H,5,7H2,1H3,(H,26,28)(H,31,32)(H,25,27,29)/t16-/m0/s1. The molecule has 0 unspecified atom stereocenters. The van der Waals surface area contributed by atoms with Crippen molar-refractivity contribution in [3.63, 3.8) is 0 Å². The number of nitrogens with one attached hydrogen (secondary N) is 2. The molecule has 1 aromatic carbocycles. The third kappa shape index (κ3) is 5.91. The maximum atomic E-state index is 12.9. The number of pyridine rings is 1. The predicted octanol–water partition coefficient (Wildman–Crippen LogP) is 3.86. The molecule has 0 aliphatic heterocycles. The van der Waals surface area contributed by atoms with Gasteiger partial charge >= 0.3 is 12.1 Å². The van der Waals surface area contributed by atoms with Crippen LogP contribution in [0.2, 0.25) is 0 Å². The van der Waals surface area contributed by atoms with E-state index in [0.717, 1.165) is 23.4 Å². The van der Waals surface area contributed by atoms with E-state index in [2.05, 4.69) is 25.6 Å². The molecule has 0 saturated heterocycles. The van der Waals surface area contributed by atoms with E-state index in [0.29, 0.717) is 17.1 Å². The molecule has 3 aromatic rings. The van der Waals surface area contributed by atoms with Crippen molar-refractivity contribution in [1.82, 2.24) is 15.0 Å². The fourth-order valence-electron chi connectivity index (χ4n) is 2.94. The van der Waals surface area contributed by atoms with E-state index in [1.165, 1.54) is 0 Å². The zero-order valence-electron chi connectivity index (χ0n) is 16.9. The molecule has 1 atom stereocenters. The highest BCUT2D eigenvalue weighted by Crippen LogP contribution is 2.29. The minimum atomic E-state index is -4.57. The molecule has 2 aromatic heterocycles. The summed E-state index contributed by atoms with van der Waals surface area (Å²) in [6.07, 6.45) is -1.97. The van der Waals surface area contributed by atoms with Crippen LogP contribution in [0.15, 0.2) is 48.8 Å². The van der Waals surface area contributed by atoms with Crippen LogP contribution in [0.25, 0.3) is 11.1 Å². The first-order valence-corrected chi connectivity index (χ1v) is 9.51. The highest BCUT2D eigenvalue weighted by molar-refractivity contribution is 5.77. The number of benzene rings is 1. The largest absolute Gasteiger partial charge is 0.480 e. The molecular weight excluding hydrogens is 427 g/mol. The number of alkyl halides is 3. The number of carbonyl (C=O) groups is 1. The summed E-state index contributed by atoms with van der Waals surface area (Å²) in [5, 5.41) is 23.7. The summed E-state index contributed by atoms with van der Waals surface area (Å²) in [5.74, 6) is -0.952. The van der Waals surface area contributed by atoms with Gasteiger partial charge in [-0.3, -0.25) is 0 Å². The highest BCUT2D eigenvalue weighted by Gasteiger charge is 2.32. The number of aliphatic carboxylic acids is 1. The number of hydrogen-bond acceptors (Lipinski definition) is 7. The predicted molar refractivity (Wildman–Crippen MR) is 111 cm³/mol. The number of hydrogen-bond donors (Lipinski definition) is 4. The van der Waals surface area contributed by atoms with Crippen LogP contribution >= 0.6 is 0 Å². The third-order valence-electron chi connectivity index (χ3n) is 4.41. The summed E-state index contributed by atoms with van der Waals surface area (Å²) in [5.41, 5.74) is 1.74. The second kappa shape index (κ2) is 9.60. The van der Waals surface area contributed by atoms with Gasteiger partial charge in [0.15, 0.2) is 0 Å². The summed E-state index contributed by atoms with van der Waals surface area (Å²) in [4.78, 5) is 22.8. The van der Waals surface area contributed by atoms with Crippen molar-refractivity contribution in [2.45, 2.75) is 25.6 Å². The minimum Gasteiger partial charge on any atom is -0.480 e. The first kappa shape index (κ1) is 22.9. The number of carboxylic acid groups (broad SMARTS) is 1. The van der Waals surface area contributed by atoms with Gasteiger partial charge in [0.05, 0.1) is 0 Å². The van der Waals surface area contributed by atoms with Gasteiger partial charge in [-0.25, -0.2) is 19.7 Å². The molecule has 0 fully saturated rings. The average Bonchev–Trinajstić information content (AvgIpc) is 2.73. The van der Waals surface area contributed by atoms with Crippen molar-refractivity contribution < 1.29 is 28.2 Å². The van der Waals surface area contributed by atoms with Crippen molar-refractivity contribution in [3.8, 4) is 11.1 Å². The molecule has 0 aliphatic carbocycles. The number of nitrogens with zero attached hydrogens (tertiary/aromatic N) is 3. The first-order chi connectivity index (χ1) is 15.2. The van der Waals surface area contributed by atoms with E-state index < -0.39 is 23.9 Å². The molecule has 0 saturated carbocycles. The maximum Gasteiger partial charge on any atom is 0.433 e. The average molecular weight is 447 g/mol. The Morgan fingerprint density at radius 2 is 1.91 bits per heavy atom. The topological polar surface area (TPSA) is 120 Å². The Morgan fingerprint density at radius 3 is 2.53 bits per heavy atom. The fourth-order valence-corrected chi connectivity index (χ4v) is 2.94. The normalized spacial score (nSPS) is 12.3. The van der Waals surface area contributed by atoms with Gasteiger partial charge in [0.2, 0.25) is 5.95 Å². The molecule has 0 aliphatic rings. The lowest BCUT2D eigenvalue weighted by Crippen LogP contribution is -2.30. The summed E-state index contributed by atoms with van der Waals surface area (Å²) in [7, 11) is 0. The molecule has 8 nitrogen and oxygen atoms in total. The van der Waals surface area contributed by atoms with Gasteiger partial charge < -0.3 is 20.8 Å². The van der Waals surface area contributed by atoms with Gasteiger partial charge in [0, 0.05) is 36.7 Å². The van der Waals surface area contributed by atoms with Crippen LogP contribution in [-0.2, 0) is 11.0 Å². The van der Waals surface area contributed by atoms with Gasteiger partial charge in [-0.1, -0.05) is 6.07 Å². The van der Waals surface area contributed by atoms with Gasteiger partial charge in [0.25, 0.3) is 0 Å². The first-order valence-electron chi connectivity index (χ1n) is 9.51. The second-order valence-corrected chi connectivity index (χ2v) is 6.96. The lowest BCUT2D eigenvalue weighted by Gasteiger charge is -2.14. The molecule has 0 bridgehead atoms.